The van der Waals surface area contributed by atoms with Gasteiger partial charge in [0.05, 0.1) is 11.4 Å². The fourth-order valence-corrected chi connectivity index (χ4v) is 3.73. The highest BCUT2D eigenvalue weighted by Gasteiger charge is 2.10. The molecule has 0 aliphatic rings. The summed E-state index contributed by atoms with van der Waals surface area (Å²) < 4.78 is 0. The number of aryl methyl sites for hydroxylation is 4. The average Bonchev–Trinajstić information content (AvgIpc) is 2.80. The smallest absolute Gasteiger partial charge is 0.267 e. The van der Waals surface area contributed by atoms with Crippen LogP contribution in [0.4, 0.5) is 0 Å². The highest BCUT2D eigenvalue weighted by atomic mass is 16.2. The molecule has 2 N–H and O–H groups in total. The number of hydrogen-bond acceptors (Lipinski definition) is 4. The molecular weight excluding hydrogens is 424 g/mol. The first-order chi connectivity index (χ1) is 16.2. The van der Waals surface area contributed by atoms with Gasteiger partial charge in [-0.15, -0.1) is 0 Å². The molecule has 0 atom stereocenters. The first-order valence-electron chi connectivity index (χ1n) is 11.1. The van der Waals surface area contributed by atoms with Crippen LogP contribution in [0, 0.1) is 27.7 Å². The van der Waals surface area contributed by atoms with Gasteiger partial charge in [0.15, 0.2) is 0 Å². The Morgan fingerprint density at radius 2 is 0.941 bits per heavy atom. The molecule has 34 heavy (non-hydrogen) atoms. The lowest BCUT2D eigenvalue weighted by molar-refractivity contribution is 0.0943. The lowest BCUT2D eigenvalue weighted by Gasteiger charge is -2.08. The molecule has 0 bridgehead atoms. The molecule has 0 aliphatic heterocycles. The van der Waals surface area contributed by atoms with Crippen molar-refractivity contribution in [3.05, 3.63) is 105 Å². The molecule has 0 spiro atoms. The molecule has 0 heterocycles. The Morgan fingerprint density at radius 1 is 0.588 bits per heavy atom. The predicted molar refractivity (Wildman–Crippen MR) is 138 cm³/mol. The Bertz CT molecular complexity index is 1190. The number of nitrogens with one attached hydrogen (secondary N) is 2. The van der Waals surface area contributed by atoms with Crippen molar-refractivity contribution in [1.82, 2.24) is 10.9 Å². The van der Waals surface area contributed by atoms with Crippen molar-refractivity contribution in [1.29, 1.82) is 0 Å². The molecule has 3 aromatic rings. The summed E-state index contributed by atoms with van der Waals surface area (Å²) in [5, 5.41) is 8.46. The van der Waals surface area contributed by atoms with Crippen LogP contribution in [0.5, 0.6) is 0 Å². The minimum atomic E-state index is -0.347. The third kappa shape index (κ3) is 6.04. The molecule has 6 nitrogen and oxygen atoms in total. The van der Waals surface area contributed by atoms with Gasteiger partial charge in [0, 0.05) is 22.3 Å². The zero-order valence-corrected chi connectivity index (χ0v) is 20.5. The van der Waals surface area contributed by atoms with Gasteiger partial charge in [-0.3, -0.25) is 9.59 Å². The second-order valence-corrected chi connectivity index (χ2v) is 8.49. The quantitative estimate of drug-likeness (QED) is 0.395. The number of nitrogens with zero attached hydrogens (tertiary/aromatic N) is 2. The van der Waals surface area contributed by atoms with E-state index in [4.69, 9.17) is 0 Å². The minimum Gasteiger partial charge on any atom is -0.267 e. The van der Waals surface area contributed by atoms with Crippen molar-refractivity contribution < 1.29 is 9.59 Å². The van der Waals surface area contributed by atoms with Gasteiger partial charge >= 0.3 is 0 Å². The van der Waals surface area contributed by atoms with Crippen LogP contribution in [0.3, 0.4) is 0 Å². The van der Waals surface area contributed by atoms with Crippen molar-refractivity contribution in [3.63, 3.8) is 0 Å². The van der Waals surface area contributed by atoms with E-state index in [9.17, 15) is 9.59 Å². The van der Waals surface area contributed by atoms with Gasteiger partial charge in [-0.05, 0) is 76.9 Å². The molecule has 0 fully saturated rings. The maximum absolute atomic E-state index is 12.5. The fourth-order valence-electron chi connectivity index (χ4n) is 3.73. The topological polar surface area (TPSA) is 82.9 Å². The molecule has 0 radical (unpaired) electrons. The molecule has 3 aromatic carbocycles. The molecule has 3 rings (SSSR count). The van der Waals surface area contributed by atoms with Gasteiger partial charge in [-0.2, -0.15) is 10.2 Å². The Kier molecular flexibility index (Phi) is 7.74. The van der Waals surface area contributed by atoms with Crippen LogP contribution < -0.4 is 10.9 Å². The van der Waals surface area contributed by atoms with Crippen molar-refractivity contribution in [2.75, 3.05) is 0 Å². The van der Waals surface area contributed by atoms with Crippen molar-refractivity contribution in [3.8, 4) is 0 Å². The molecule has 0 saturated carbocycles. The molecule has 174 valence electrons. The Balaban J connectivity index is 1.63. The van der Waals surface area contributed by atoms with E-state index in [0.29, 0.717) is 11.1 Å². The average molecular weight is 455 g/mol. The summed E-state index contributed by atoms with van der Waals surface area (Å²) in [5.74, 6) is -0.695. The van der Waals surface area contributed by atoms with Crippen LogP contribution in [0.25, 0.3) is 0 Å². The number of rotatable bonds is 6. The number of carbonyl (C=O) groups excluding carboxylic acids is 2. The number of amides is 2. The van der Waals surface area contributed by atoms with E-state index in [1.807, 2.05) is 65.8 Å². The van der Waals surface area contributed by atoms with Crippen molar-refractivity contribution >= 4 is 23.2 Å². The van der Waals surface area contributed by atoms with Crippen molar-refractivity contribution in [2.24, 2.45) is 10.2 Å². The van der Waals surface area contributed by atoms with Gasteiger partial charge in [-0.1, -0.05) is 47.5 Å². The number of carbonyl (C=O) groups is 2. The van der Waals surface area contributed by atoms with Gasteiger partial charge < -0.3 is 0 Å². The van der Waals surface area contributed by atoms with Crippen LogP contribution in [0.1, 0.15) is 67.9 Å². The SMILES string of the molecule is C/C(=N\NC(=O)c1ccc(C(=O)N/N=C(\C)c2ccc(C)cc2C)cc1)c1ccc(C)cc1C. The number of hydrogen-bond donors (Lipinski definition) is 2. The number of hydrazone groups is 2. The predicted octanol–water partition coefficient (Wildman–Crippen LogP) is 5.23. The van der Waals surface area contributed by atoms with E-state index in [1.165, 1.54) is 11.1 Å². The molecule has 0 aliphatic carbocycles. The summed E-state index contributed by atoms with van der Waals surface area (Å²) in [6.45, 7) is 11.8. The third-order valence-corrected chi connectivity index (χ3v) is 5.60. The summed E-state index contributed by atoms with van der Waals surface area (Å²) in [4.78, 5) is 25.0. The highest BCUT2D eigenvalue weighted by Crippen LogP contribution is 2.13. The summed E-state index contributed by atoms with van der Waals surface area (Å²) >= 11 is 0. The maximum atomic E-state index is 12.5. The molecule has 6 heteroatoms. The van der Waals surface area contributed by atoms with Gasteiger partial charge in [0.25, 0.3) is 11.8 Å². The van der Waals surface area contributed by atoms with E-state index >= 15 is 0 Å². The van der Waals surface area contributed by atoms with Crippen LogP contribution >= 0.6 is 0 Å². The monoisotopic (exact) mass is 454 g/mol. The van der Waals surface area contributed by atoms with E-state index in [1.54, 1.807) is 24.3 Å². The van der Waals surface area contributed by atoms with E-state index in [2.05, 4.69) is 33.2 Å². The van der Waals surface area contributed by atoms with E-state index in [0.717, 1.165) is 33.7 Å². The Morgan fingerprint density at radius 3 is 1.26 bits per heavy atom. The summed E-state index contributed by atoms with van der Waals surface area (Å²) in [7, 11) is 0. The van der Waals surface area contributed by atoms with Gasteiger partial charge in [0.1, 0.15) is 0 Å². The summed E-state index contributed by atoms with van der Waals surface area (Å²) in [6, 6.07) is 18.5. The molecule has 0 saturated heterocycles. The third-order valence-electron chi connectivity index (χ3n) is 5.60. The Hall–Kier alpha value is -4.06. The fraction of sp³-hybridized carbons (Fsp3) is 0.214. The molecule has 0 aromatic heterocycles. The second-order valence-electron chi connectivity index (χ2n) is 8.49. The zero-order valence-electron chi connectivity index (χ0n) is 20.5. The lowest BCUT2D eigenvalue weighted by Crippen LogP contribution is -2.21. The van der Waals surface area contributed by atoms with E-state index < -0.39 is 0 Å². The van der Waals surface area contributed by atoms with Crippen molar-refractivity contribution in [2.45, 2.75) is 41.5 Å². The molecule has 2 amide bonds. The minimum absolute atomic E-state index is 0.347. The summed E-state index contributed by atoms with van der Waals surface area (Å²) in [6.07, 6.45) is 0. The standard InChI is InChI=1S/C28H30N4O2/c1-17-7-13-25(19(3)15-17)21(5)29-31-27(33)23-9-11-24(12-10-23)28(34)32-30-22(6)26-14-8-18(2)16-20(26)4/h7-16H,1-6H3,(H,31,33)(H,32,34)/b29-21+,30-22+. The van der Waals surface area contributed by atoms with E-state index in [-0.39, 0.29) is 11.8 Å². The van der Waals surface area contributed by atoms with Gasteiger partial charge in [-0.25, -0.2) is 10.9 Å². The lowest BCUT2D eigenvalue weighted by atomic mass is 10.0. The normalized spacial score (nSPS) is 11.8. The first-order valence-corrected chi connectivity index (χ1v) is 11.1. The van der Waals surface area contributed by atoms with Crippen LogP contribution in [-0.4, -0.2) is 23.2 Å². The molecular formula is C28H30N4O2. The summed E-state index contributed by atoms with van der Waals surface area (Å²) in [5.41, 5.74) is 13.9. The first kappa shape index (κ1) is 24.6. The zero-order chi connectivity index (χ0) is 24.8. The highest BCUT2D eigenvalue weighted by molar-refractivity contribution is 6.03. The second kappa shape index (κ2) is 10.7. The van der Waals surface area contributed by atoms with Crippen LogP contribution in [0.2, 0.25) is 0 Å². The van der Waals surface area contributed by atoms with Gasteiger partial charge in [0.2, 0.25) is 0 Å². The Labute approximate surface area is 200 Å². The number of benzene rings is 3. The van der Waals surface area contributed by atoms with Crippen LogP contribution in [-0.2, 0) is 0 Å². The van der Waals surface area contributed by atoms with Crippen LogP contribution in [0.15, 0.2) is 70.9 Å². The maximum Gasteiger partial charge on any atom is 0.271 e. The molecule has 0 unspecified atom stereocenters. The largest absolute Gasteiger partial charge is 0.271 e.